The van der Waals surface area contributed by atoms with Crippen molar-refractivity contribution in [2.75, 3.05) is 20.2 Å². The summed E-state index contributed by atoms with van der Waals surface area (Å²) in [4.78, 5) is 22.6. The fourth-order valence-electron chi connectivity index (χ4n) is 3.78. The first-order valence-electron chi connectivity index (χ1n) is 11.4. The first kappa shape index (κ1) is 29.6. The van der Waals surface area contributed by atoms with E-state index in [1.165, 1.54) is 23.9 Å². The van der Waals surface area contributed by atoms with Crippen LogP contribution in [0, 0.1) is 0 Å². The Morgan fingerprint density at radius 2 is 1.58 bits per heavy atom. The summed E-state index contributed by atoms with van der Waals surface area (Å²) in [7, 11) is 1.60. The lowest BCUT2D eigenvalue weighted by Crippen LogP contribution is -2.43. The summed E-state index contributed by atoms with van der Waals surface area (Å²) < 4.78 is 34.5. The lowest BCUT2D eigenvalue weighted by molar-refractivity contribution is -0.122. The largest absolute Gasteiger partial charge is 0.497 e. The van der Waals surface area contributed by atoms with Gasteiger partial charge in [-0.1, -0.05) is 12.1 Å². The highest BCUT2D eigenvalue weighted by molar-refractivity contribution is 8.18. The predicted molar refractivity (Wildman–Crippen MR) is 145 cm³/mol. The molecular weight excluding hydrogens is 508 g/mol. The number of nitrogens with zero attached hydrogens (tertiary/aromatic N) is 3. The van der Waals surface area contributed by atoms with Crippen LogP contribution in [0.25, 0.3) is 6.08 Å². The van der Waals surface area contributed by atoms with Crippen LogP contribution in [0.5, 0.6) is 11.5 Å². The van der Waals surface area contributed by atoms with Gasteiger partial charge in [-0.3, -0.25) is 14.6 Å². The molecule has 0 radical (unpaired) electrons. The zero-order chi connectivity index (χ0) is 25.5. The van der Waals surface area contributed by atoms with Gasteiger partial charge in [0.15, 0.2) is 5.17 Å². The van der Waals surface area contributed by atoms with Crippen molar-refractivity contribution in [1.82, 2.24) is 9.80 Å². The Hall–Kier alpha value is -2.62. The van der Waals surface area contributed by atoms with Gasteiger partial charge < -0.3 is 9.47 Å². The number of thioether (sulfide) groups is 1. The molecule has 0 N–H and O–H groups in total. The zero-order valence-corrected chi connectivity index (χ0v) is 22.6. The van der Waals surface area contributed by atoms with Gasteiger partial charge >= 0.3 is 6.61 Å². The number of aliphatic imine (C=N–C) groups is 1. The van der Waals surface area contributed by atoms with Gasteiger partial charge in [0, 0.05) is 25.2 Å². The van der Waals surface area contributed by atoms with E-state index in [0.717, 1.165) is 5.75 Å². The molecule has 6 nitrogen and oxygen atoms in total. The van der Waals surface area contributed by atoms with E-state index < -0.39 is 6.61 Å². The number of benzene rings is 2. The van der Waals surface area contributed by atoms with Gasteiger partial charge in [-0.15, -0.1) is 12.4 Å². The lowest BCUT2D eigenvalue weighted by atomic mass is 10.2. The molecule has 0 spiro atoms. The highest BCUT2D eigenvalue weighted by Crippen LogP contribution is 2.34. The fraction of sp³-hybridized carbons (Fsp3) is 0.385. The molecule has 1 heterocycles. The molecule has 0 saturated carbocycles. The van der Waals surface area contributed by atoms with Crippen molar-refractivity contribution in [2.45, 2.75) is 46.4 Å². The number of ether oxygens (including phenoxy) is 2. The summed E-state index contributed by atoms with van der Waals surface area (Å²) in [5.74, 6) is 0.659. The summed E-state index contributed by atoms with van der Waals surface area (Å²) in [6.45, 7) is 6.87. The van der Waals surface area contributed by atoms with Gasteiger partial charge in [0.1, 0.15) is 11.5 Å². The monoisotopic (exact) mass is 539 g/mol. The van der Waals surface area contributed by atoms with Crippen LogP contribution in [0.1, 0.15) is 33.3 Å². The van der Waals surface area contributed by atoms with Crippen molar-refractivity contribution < 1.29 is 23.0 Å². The average molecular weight is 540 g/mol. The molecule has 1 saturated heterocycles. The third-order valence-electron chi connectivity index (χ3n) is 5.50. The smallest absolute Gasteiger partial charge is 0.387 e. The van der Waals surface area contributed by atoms with Crippen molar-refractivity contribution >= 4 is 47.0 Å². The Morgan fingerprint density at radius 3 is 2.11 bits per heavy atom. The standard InChI is InChI=1S/C26H31F2N3O3S.ClH/c1-17(2)30(18(3)4)14-15-31-24(32)23(16-19-6-10-22(11-7-19)34-25(27)28)35-26(31)29-20-8-12-21(33-5)13-9-20;/h6-13,16-18,25H,14-15H2,1-5H3;1H/b23-16+,29-26?;. The van der Waals surface area contributed by atoms with Crippen molar-refractivity contribution in [1.29, 1.82) is 0 Å². The minimum Gasteiger partial charge on any atom is -0.497 e. The number of methoxy groups -OCH3 is 1. The lowest BCUT2D eigenvalue weighted by Gasteiger charge is -2.31. The first-order valence-corrected chi connectivity index (χ1v) is 12.2. The van der Waals surface area contributed by atoms with E-state index in [0.29, 0.717) is 46.5 Å². The van der Waals surface area contributed by atoms with E-state index in [-0.39, 0.29) is 24.1 Å². The molecule has 0 bridgehead atoms. The van der Waals surface area contributed by atoms with E-state index in [4.69, 9.17) is 9.73 Å². The predicted octanol–water partition coefficient (Wildman–Crippen LogP) is 6.44. The normalized spacial score (nSPS) is 16.1. The minimum atomic E-state index is -2.88. The van der Waals surface area contributed by atoms with Gasteiger partial charge in [0.2, 0.25) is 0 Å². The van der Waals surface area contributed by atoms with E-state index in [1.54, 1.807) is 30.2 Å². The fourth-order valence-corrected chi connectivity index (χ4v) is 4.81. The first-order chi connectivity index (χ1) is 16.7. The highest BCUT2D eigenvalue weighted by atomic mass is 35.5. The summed E-state index contributed by atoms with van der Waals surface area (Å²) in [6.07, 6.45) is 1.74. The Labute approximate surface area is 221 Å². The van der Waals surface area contributed by atoms with Gasteiger partial charge in [-0.25, -0.2) is 4.99 Å². The van der Waals surface area contributed by atoms with Crippen molar-refractivity contribution in [2.24, 2.45) is 4.99 Å². The second-order valence-electron chi connectivity index (χ2n) is 8.53. The van der Waals surface area contributed by atoms with Crippen LogP contribution in [0.3, 0.4) is 0 Å². The quantitative estimate of drug-likeness (QED) is 0.325. The molecule has 1 amide bonds. The molecule has 196 valence electrons. The van der Waals surface area contributed by atoms with Gasteiger partial charge in [0.25, 0.3) is 5.91 Å². The van der Waals surface area contributed by atoms with Crippen LogP contribution in [0.4, 0.5) is 14.5 Å². The Bertz CT molecular complexity index is 1050. The third-order valence-corrected chi connectivity index (χ3v) is 6.50. The summed E-state index contributed by atoms with van der Waals surface area (Å²) in [5, 5.41) is 0.594. The Balaban J connectivity index is 0.00000456. The Kier molecular flexibility index (Phi) is 11.2. The maximum Gasteiger partial charge on any atom is 0.387 e. The van der Waals surface area contributed by atoms with Crippen LogP contribution >= 0.6 is 24.2 Å². The molecule has 1 aliphatic heterocycles. The minimum absolute atomic E-state index is 0. The number of rotatable bonds is 10. The maximum absolute atomic E-state index is 13.4. The van der Waals surface area contributed by atoms with Crippen molar-refractivity contribution in [3.8, 4) is 11.5 Å². The van der Waals surface area contributed by atoms with Crippen LogP contribution in [0.15, 0.2) is 58.4 Å². The van der Waals surface area contributed by atoms with Crippen LogP contribution in [0.2, 0.25) is 0 Å². The number of hydrogen-bond donors (Lipinski definition) is 0. The molecule has 10 heteroatoms. The summed E-state index contributed by atoms with van der Waals surface area (Å²) in [6, 6.07) is 14.2. The third kappa shape index (κ3) is 7.94. The van der Waals surface area contributed by atoms with Gasteiger partial charge in [0.05, 0.1) is 17.7 Å². The number of amides is 1. The molecule has 0 aliphatic carbocycles. The average Bonchev–Trinajstić information content (AvgIpc) is 3.09. The van der Waals surface area contributed by atoms with Gasteiger partial charge in [-0.2, -0.15) is 8.78 Å². The number of hydrogen-bond acceptors (Lipinski definition) is 6. The molecule has 1 fully saturated rings. The van der Waals surface area contributed by atoms with Crippen LogP contribution < -0.4 is 9.47 Å². The number of alkyl halides is 2. The number of amidine groups is 1. The number of carbonyl (C=O) groups excluding carboxylic acids is 1. The van der Waals surface area contributed by atoms with E-state index in [1.807, 2.05) is 24.3 Å². The van der Waals surface area contributed by atoms with Crippen molar-refractivity contribution in [3.63, 3.8) is 0 Å². The highest BCUT2D eigenvalue weighted by Gasteiger charge is 2.34. The molecule has 0 atom stereocenters. The molecule has 3 rings (SSSR count). The second-order valence-corrected chi connectivity index (χ2v) is 9.54. The van der Waals surface area contributed by atoms with Crippen LogP contribution in [-0.2, 0) is 4.79 Å². The summed E-state index contributed by atoms with van der Waals surface area (Å²) in [5.41, 5.74) is 1.42. The molecule has 0 aromatic heterocycles. The van der Waals surface area contributed by atoms with Crippen LogP contribution in [-0.4, -0.2) is 59.8 Å². The molecule has 0 unspecified atom stereocenters. The van der Waals surface area contributed by atoms with Gasteiger partial charge in [-0.05, 0) is 87.5 Å². The molecule has 36 heavy (non-hydrogen) atoms. The van der Waals surface area contributed by atoms with E-state index in [2.05, 4.69) is 37.3 Å². The molecule has 2 aromatic rings. The number of halogens is 3. The van der Waals surface area contributed by atoms with Crippen molar-refractivity contribution in [3.05, 3.63) is 59.0 Å². The number of carbonyl (C=O) groups is 1. The maximum atomic E-state index is 13.4. The zero-order valence-electron chi connectivity index (χ0n) is 21.0. The van der Waals surface area contributed by atoms with E-state index in [9.17, 15) is 13.6 Å². The topological polar surface area (TPSA) is 54.4 Å². The summed E-state index contributed by atoms with van der Waals surface area (Å²) >= 11 is 1.30. The Morgan fingerprint density at radius 1 is 1.00 bits per heavy atom. The molecule has 2 aromatic carbocycles. The SMILES string of the molecule is COc1ccc(N=C2S/C(=C/c3ccc(OC(F)F)cc3)C(=O)N2CCN(C(C)C)C(C)C)cc1.Cl. The molecular formula is C26H32ClF2N3O3S. The molecule has 1 aliphatic rings. The van der Waals surface area contributed by atoms with E-state index >= 15 is 0 Å². The second kappa shape index (κ2) is 13.6.